The van der Waals surface area contributed by atoms with Crippen molar-refractivity contribution in [2.75, 3.05) is 26.9 Å². The predicted octanol–water partition coefficient (Wildman–Crippen LogP) is 3.19. The largest absolute Gasteiger partial charge is 0.382 e. The van der Waals surface area contributed by atoms with E-state index < -0.39 is 0 Å². The molecule has 1 amide bonds. The lowest BCUT2D eigenvalue weighted by Gasteiger charge is -2.15. The van der Waals surface area contributed by atoms with Gasteiger partial charge in [0.1, 0.15) is 6.61 Å². The highest BCUT2D eigenvalue weighted by Crippen LogP contribution is 2.21. The van der Waals surface area contributed by atoms with E-state index in [2.05, 4.69) is 29.6 Å². The van der Waals surface area contributed by atoms with E-state index in [9.17, 15) is 4.79 Å². The Balaban J connectivity index is 1.87. The lowest BCUT2D eigenvalue weighted by molar-refractivity contribution is -0.126. The Bertz CT molecular complexity index is 596. The molecular formula is C19H23NO3. The van der Waals surface area contributed by atoms with E-state index in [0.29, 0.717) is 13.2 Å². The first-order chi connectivity index (χ1) is 11.2. The summed E-state index contributed by atoms with van der Waals surface area (Å²) >= 11 is 0. The summed E-state index contributed by atoms with van der Waals surface area (Å²) in [5.74, 6) is -0.124. The van der Waals surface area contributed by atoms with Crippen LogP contribution in [-0.2, 0) is 14.3 Å². The highest BCUT2D eigenvalue weighted by atomic mass is 16.5. The minimum Gasteiger partial charge on any atom is -0.382 e. The maximum Gasteiger partial charge on any atom is 0.246 e. The van der Waals surface area contributed by atoms with Crippen molar-refractivity contribution in [1.29, 1.82) is 0 Å². The van der Waals surface area contributed by atoms with Crippen LogP contribution in [0.2, 0.25) is 0 Å². The predicted molar refractivity (Wildman–Crippen MR) is 91.1 cm³/mol. The number of nitrogens with one attached hydrogen (secondary N) is 1. The molecule has 0 heterocycles. The van der Waals surface area contributed by atoms with Gasteiger partial charge in [-0.15, -0.1) is 0 Å². The quantitative estimate of drug-likeness (QED) is 0.761. The molecule has 1 atom stereocenters. The molecule has 0 aliphatic heterocycles. The summed E-state index contributed by atoms with van der Waals surface area (Å²) in [5, 5.41) is 2.93. The summed E-state index contributed by atoms with van der Waals surface area (Å²) in [6.45, 7) is 2.92. The van der Waals surface area contributed by atoms with Crippen molar-refractivity contribution >= 4 is 5.91 Å². The second-order valence-corrected chi connectivity index (χ2v) is 5.32. The highest BCUT2D eigenvalue weighted by molar-refractivity contribution is 5.77. The molecule has 0 saturated carbocycles. The zero-order chi connectivity index (χ0) is 16.5. The third kappa shape index (κ3) is 5.51. The van der Waals surface area contributed by atoms with Crippen LogP contribution in [0.25, 0.3) is 11.1 Å². The first kappa shape index (κ1) is 17.2. The number of carbonyl (C=O) groups is 1. The van der Waals surface area contributed by atoms with Crippen LogP contribution in [0.15, 0.2) is 54.6 Å². The lowest BCUT2D eigenvalue weighted by atomic mass is 10.0. The molecule has 0 bridgehead atoms. The molecule has 0 aliphatic rings. The number of amides is 1. The van der Waals surface area contributed by atoms with Crippen LogP contribution in [0.5, 0.6) is 0 Å². The molecule has 122 valence electrons. The first-order valence-corrected chi connectivity index (χ1v) is 7.72. The minimum atomic E-state index is -0.124. The molecule has 1 N–H and O–H groups in total. The molecule has 0 fully saturated rings. The number of ether oxygens (including phenoxy) is 2. The smallest absolute Gasteiger partial charge is 0.246 e. The second kappa shape index (κ2) is 9.08. The molecule has 0 saturated heterocycles. The highest BCUT2D eigenvalue weighted by Gasteiger charge is 2.09. The van der Waals surface area contributed by atoms with Crippen LogP contribution in [0, 0.1) is 0 Å². The number of hydrogen-bond donors (Lipinski definition) is 1. The number of benzene rings is 2. The number of rotatable bonds is 8. The summed E-state index contributed by atoms with van der Waals surface area (Å²) < 4.78 is 10.1. The van der Waals surface area contributed by atoms with Gasteiger partial charge in [-0.1, -0.05) is 54.6 Å². The molecule has 4 heteroatoms. The summed E-state index contributed by atoms with van der Waals surface area (Å²) in [7, 11) is 1.60. The Hall–Kier alpha value is -2.17. The summed E-state index contributed by atoms with van der Waals surface area (Å²) in [5.41, 5.74) is 3.41. The molecule has 0 radical (unpaired) electrons. The van der Waals surface area contributed by atoms with Gasteiger partial charge in [0, 0.05) is 7.11 Å². The molecule has 0 spiro atoms. The van der Waals surface area contributed by atoms with E-state index >= 15 is 0 Å². The standard InChI is InChI=1S/C19H23NO3/c1-15(20-19(21)14-23-13-12-22-2)16-8-10-18(11-9-16)17-6-4-3-5-7-17/h3-11,15H,12-14H2,1-2H3,(H,20,21). The van der Waals surface area contributed by atoms with Crippen LogP contribution < -0.4 is 5.32 Å². The van der Waals surface area contributed by atoms with Crippen LogP contribution >= 0.6 is 0 Å². The average Bonchev–Trinajstić information content (AvgIpc) is 2.59. The van der Waals surface area contributed by atoms with Crippen LogP contribution in [0.3, 0.4) is 0 Å². The first-order valence-electron chi connectivity index (χ1n) is 7.72. The molecule has 0 aliphatic carbocycles. The molecule has 1 unspecified atom stereocenters. The Morgan fingerprint density at radius 1 is 1.00 bits per heavy atom. The third-order valence-electron chi connectivity index (χ3n) is 3.56. The Morgan fingerprint density at radius 3 is 2.30 bits per heavy atom. The van der Waals surface area contributed by atoms with E-state index in [-0.39, 0.29) is 18.6 Å². The van der Waals surface area contributed by atoms with Crippen molar-refractivity contribution in [2.24, 2.45) is 0 Å². The average molecular weight is 313 g/mol. The van der Waals surface area contributed by atoms with Gasteiger partial charge in [-0.05, 0) is 23.6 Å². The molecule has 23 heavy (non-hydrogen) atoms. The van der Waals surface area contributed by atoms with Gasteiger partial charge in [0.15, 0.2) is 0 Å². The SMILES string of the molecule is COCCOCC(=O)NC(C)c1ccc(-c2ccccc2)cc1. The fourth-order valence-electron chi connectivity index (χ4n) is 2.27. The molecule has 0 aromatic heterocycles. The maximum atomic E-state index is 11.8. The fraction of sp³-hybridized carbons (Fsp3) is 0.316. The van der Waals surface area contributed by atoms with Gasteiger partial charge in [-0.25, -0.2) is 0 Å². The van der Waals surface area contributed by atoms with E-state index in [1.807, 2.05) is 37.3 Å². The molecule has 2 rings (SSSR count). The van der Waals surface area contributed by atoms with E-state index in [1.54, 1.807) is 7.11 Å². The van der Waals surface area contributed by atoms with Gasteiger partial charge in [-0.2, -0.15) is 0 Å². The van der Waals surface area contributed by atoms with Gasteiger partial charge >= 0.3 is 0 Å². The topological polar surface area (TPSA) is 47.6 Å². The van der Waals surface area contributed by atoms with Crippen molar-refractivity contribution in [3.8, 4) is 11.1 Å². The van der Waals surface area contributed by atoms with E-state index in [4.69, 9.17) is 9.47 Å². The van der Waals surface area contributed by atoms with Crippen LogP contribution in [0.1, 0.15) is 18.5 Å². The lowest BCUT2D eigenvalue weighted by Crippen LogP contribution is -2.30. The van der Waals surface area contributed by atoms with E-state index in [0.717, 1.165) is 11.1 Å². The van der Waals surface area contributed by atoms with Crippen LogP contribution in [-0.4, -0.2) is 32.8 Å². The van der Waals surface area contributed by atoms with E-state index in [1.165, 1.54) is 5.56 Å². The van der Waals surface area contributed by atoms with Crippen molar-refractivity contribution in [2.45, 2.75) is 13.0 Å². The second-order valence-electron chi connectivity index (χ2n) is 5.32. The zero-order valence-electron chi connectivity index (χ0n) is 13.6. The van der Waals surface area contributed by atoms with Crippen LogP contribution in [0.4, 0.5) is 0 Å². The van der Waals surface area contributed by atoms with Gasteiger partial charge in [0.05, 0.1) is 19.3 Å². The molecule has 2 aromatic carbocycles. The Labute approximate surface area is 137 Å². The number of methoxy groups -OCH3 is 1. The maximum absolute atomic E-state index is 11.8. The molecular weight excluding hydrogens is 290 g/mol. The summed E-state index contributed by atoms with van der Waals surface area (Å²) in [6, 6.07) is 18.4. The van der Waals surface area contributed by atoms with Crippen molar-refractivity contribution in [3.05, 3.63) is 60.2 Å². The van der Waals surface area contributed by atoms with Gasteiger partial charge in [0.25, 0.3) is 0 Å². The summed E-state index contributed by atoms with van der Waals surface area (Å²) in [6.07, 6.45) is 0. The number of carbonyl (C=O) groups excluding carboxylic acids is 1. The Kier molecular flexibility index (Phi) is 6.78. The Morgan fingerprint density at radius 2 is 1.65 bits per heavy atom. The van der Waals surface area contributed by atoms with Gasteiger partial charge < -0.3 is 14.8 Å². The van der Waals surface area contributed by atoms with Crippen molar-refractivity contribution in [1.82, 2.24) is 5.32 Å². The number of hydrogen-bond acceptors (Lipinski definition) is 3. The van der Waals surface area contributed by atoms with Crippen molar-refractivity contribution in [3.63, 3.8) is 0 Å². The molecule has 4 nitrogen and oxygen atoms in total. The normalized spacial score (nSPS) is 11.9. The summed E-state index contributed by atoms with van der Waals surface area (Å²) in [4.78, 5) is 11.8. The minimum absolute atomic E-state index is 0.0514. The third-order valence-corrected chi connectivity index (χ3v) is 3.56. The zero-order valence-corrected chi connectivity index (χ0v) is 13.6. The monoisotopic (exact) mass is 313 g/mol. The molecule has 2 aromatic rings. The van der Waals surface area contributed by atoms with Gasteiger partial charge in [0.2, 0.25) is 5.91 Å². The van der Waals surface area contributed by atoms with Crippen molar-refractivity contribution < 1.29 is 14.3 Å². The fourth-order valence-corrected chi connectivity index (χ4v) is 2.27. The van der Waals surface area contributed by atoms with Gasteiger partial charge in [-0.3, -0.25) is 4.79 Å².